The summed E-state index contributed by atoms with van der Waals surface area (Å²) < 4.78 is 14.2. The minimum absolute atomic E-state index is 0.247. The topological polar surface area (TPSA) is 26.0 Å². The fourth-order valence-electron chi connectivity index (χ4n) is 1.61. The zero-order chi connectivity index (χ0) is 11.7. The van der Waals surface area contributed by atoms with Crippen LogP contribution in [-0.4, -0.2) is 0 Å². The molecule has 0 bridgehead atoms. The van der Waals surface area contributed by atoms with Gasteiger partial charge in [-0.05, 0) is 57.6 Å². The standard InChI is InChI=1S/C12H11BrFNS/c1-7-2-3-8(14)6-9(7)11(15)12-10(13)4-5-16-12/h2-6,11H,15H2,1H3. The van der Waals surface area contributed by atoms with Crippen molar-refractivity contribution in [2.75, 3.05) is 0 Å². The van der Waals surface area contributed by atoms with Gasteiger partial charge in [0.15, 0.2) is 0 Å². The van der Waals surface area contributed by atoms with Crippen molar-refractivity contribution < 1.29 is 4.39 Å². The Kier molecular flexibility index (Phi) is 3.42. The Bertz CT molecular complexity index is 509. The van der Waals surface area contributed by atoms with Crippen molar-refractivity contribution in [2.24, 2.45) is 5.73 Å². The highest BCUT2D eigenvalue weighted by atomic mass is 79.9. The number of nitrogens with two attached hydrogens (primary N) is 1. The van der Waals surface area contributed by atoms with E-state index in [0.717, 1.165) is 20.5 Å². The minimum atomic E-state index is -0.273. The molecule has 16 heavy (non-hydrogen) atoms. The lowest BCUT2D eigenvalue weighted by Gasteiger charge is -2.14. The second kappa shape index (κ2) is 4.65. The Balaban J connectivity index is 2.45. The Morgan fingerprint density at radius 3 is 2.75 bits per heavy atom. The average Bonchev–Trinajstić information content (AvgIpc) is 2.67. The third kappa shape index (κ3) is 2.19. The van der Waals surface area contributed by atoms with Crippen molar-refractivity contribution in [3.8, 4) is 0 Å². The fraction of sp³-hybridized carbons (Fsp3) is 0.167. The average molecular weight is 300 g/mol. The highest BCUT2D eigenvalue weighted by molar-refractivity contribution is 9.10. The Hall–Kier alpha value is -0.710. The molecule has 4 heteroatoms. The van der Waals surface area contributed by atoms with Crippen molar-refractivity contribution in [3.63, 3.8) is 0 Å². The van der Waals surface area contributed by atoms with Gasteiger partial charge in [0.05, 0.1) is 6.04 Å². The summed E-state index contributed by atoms with van der Waals surface area (Å²) in [7, 11) is 0. The minimum Gasteiger partial charge on any atom is -0.320 e. The van der Waals surface area contributed by atoms with Gasteiger partial charge in [-0.25, -0.2) is 4.39 Å². The monoisotopic (exact) mass is 299 g/mol. The van der Waals surface area contributed by atoms with Crippen LogP contribution in [0.2, 0.25) is 0 Å². The van der Waals surface area contributed by atoms with E-state index in [1.165, 1.54) is 12.1 Å². The van der Waals surface area contributed by atoms with E-state index >= 15 is 0 Å². The summed E-state index contributed by atoms with van der Waals surface area (Å²) in [6, 6.07) is 6.40. The number of thiophene rings is 1. The van der Waals surface area contributed by atoms with Crippen molar-refractivity contribution in [1.29, 1.82) is 0 Å². The third-order valence-corrected chi connectivity index (χ3v) is 4.46. The van der Waals surface area contributed by atoms with Gasteiger partial charge in [-0.1, -0.05) is 6.07 Å². The summed E-state index contributed by atoms with van der Waals surface area (Å²) in [6.45, 7) is 1.94. The van der Waals surface area contributed by atoms with E-state index in [1.807, 2.05) is 18.4 Å². The van der Waals surface area contributed by atoms with Crippen LogP contribution in [0.3, 0.4) is 0 Å². The van der Waals surface area contributed by atoms with Gasteiger partial charge in [-0.3, -0.25) is 0 Å². The lowest BCUT2D eigenvalue weighted by atomic mass is 10.0. The van der Waals surface area contributed by atoms with Gasteiger partial charge in [0, 0.05) is 9.35 Å². The van der Waals surface area contributed by atoms with Crippen LogP contribution in [0.15, 0.2) is 34.1 Å². The van der Waals surface area contributed by atoms with Gasteiger partial charge in [-0.15, -0.1) is 11.3 Å². The van der Waals surface area contributed by atoms with Crippen molar-refractivity contribution in [2.45, 2.75) is 13.0 Å². The van der Waals surface area contributed by atoms with E-state index in [-0.39, 0.29) is 11.9 Å². The number of hydrogen-bond acceptors (Lipinski definition) is 2. The highest BCUT2D eigenvalue weighted by Crippen LogP contribution is 2.32. The molecular weight excluding hydrogens is 289 g/mol. The summed E-state index contributed by atoms with van der Waals surface area (Å²) in [4.78, 5) is 1.02. The fourth-order valence-corrected chi connectivity index (χ4v) is 3.25. The van der Waals surface area contributed by atoms with Crippen molar-refractivity contribution in [3.05, 3.63) is 55.9 Å². The normalized spacial score (nSPS) is 12.8. The number of rotatable bonds is 2. The van der Waals surface area contributed by atoms with Crippen LogP contribution in [0.1, 0.15) is 22.0 Å². The zero-order valence-electron chi connectivity index (χ0n) is 8.71. The molecule has 0 saturated carbocycles. The molecule has 2 N–H and O–H groups in total. The lowest BCUT2D eigenvalue weighted by Crippen LogP contribution is -2.12. The van der Waals surface area contributed by atoms with E-state index in [9.17, 15) is 4.39 Å². The molecule has 1 aromatic carbocycles. The molecular formula is C12H11BrFNS. The molecule has 0 amide bonds. The van der Waals surface area contributed by atoms with E-state index in [0.29, 0.717) is 0 Å². The third-order valence-electron chi connectivity index (χ3n) is 2.50. The van der Waals surface area contributed by atoms with E-state index in [2.05, 4.69) is 15.9 Å². The number of halogens is 2. The van der Waals surface area contributed by atoms with Gasteiger partial charge in [0.1, 0.15) is 5.82 Å². The van der Waals surface area contributed by atoms with Crippen LogP contribution in [0.5, 0.6) is 0 Å². The maximum atomic E-state index is 13.2. The molecule has 0 aliphatic rings. The van der Waals surface area contributed by atoms with Gasteiger partial charge < -0.3 is 5.73 Å². The van der Waals surface area contributed by atoms with Crippen molar-refractivity contribution in [1.82, 2.24) is 0 Å². The molecule has 1 aromatic heterocycles. The molecule has 0 saturated heterocycles. The largest absolute Gasteiger partial charge is 0.320 e. The van der Waals surface area contributed by atoms with Crippen LogP contribution in [0, 0.1) is 12.7 Å². The van der Waals surface area contributed by atoms with Gasteiger partial charge in [-0.2, -0.15) is 0 Å². The molecule has 0 aliphatic heterocycles. The summed E-state index contributed by atoms with van der Waals surface area (Å²) in [5.41, 5.74) is 7.99. The van der Waals surface area contributed by atoms with Crippen LogP contribution >= 0.6 is 27.3 Å². The zero-order valence-corrected chi connectivity index (χ0v) is 11.1. The first-order valence-corrected chi connectivity index (χ1v) is 6.51. The molecule has 0 spiro atoms. The maximum Gasteiger partial charge on any atom is 0.123 e. The molecule has 0 fully saturated rings. The van der Waals surface area contributed by atoms with E-state index in [1.54, 1.807) is 17.4 Å². The first-order valence-electron chi connectivity index (χ1n) is 4.84. The van der Waals surface area contributed by atoms with E-state index in [4.69, 9.17) is 5.73 Å². The molecule has 2 rings (SSSR count). The number of benzene rings is 1. The summed E-state index contributed by atoms with van der Waals surface area (Å²) in [5, 5.41) is 1.97. The smallest absolute Gasteiger partial charge is 0.123 e. The van der Waals surface area contributed by atoms with E-state index < -0.39 is 0 Å². The van der Waals surface area contributed by atoms with Crippen LogP contribution < -0.4 is 5.73 Å². The number of aryl methyl sites for hydroxylation is 1. The molecule has 0 radical (unpaired) electrons. The molecule has 1 heterocycles. The van der Waals surface area contributed by atoms with Gasteiger partial charge in [0.2, 0.25) is 0 Å². The van der Waals surface area contributed by atoms with Gasteiger partial charge in [0.25, 0.3) is 0 Å². The predicted octanol–water partition coefficient (Wildman–Crippen LogP) is 4.01. The number of hydrogen-bond donors (Lipinski definition) is 1. The first-order chi connectivity index (χ1) is 7.59. The first kappa shape index (κ1) is 11.8. The molecule has 84 valence electrons. The summed E-state index contributed by atoms with van der Waals surface area (Å²) in [5.74, 6) is -0.247. The molecule has 1 nitrogen and oxygen atoms in total. The van der Waals surface area contributed by atoms with Gasteiger partial charge >= 0.3 is 0 Å². The predicted molar refractivity (Wildman–Crippen MR) is 69.2 cm³/mol. The second-order valence-electron chi connectivity index (χ2n) is 3.61. The molecule has 2 aromatic rings. The highest BCUT2D eigenvalue weighted by Gasteiger charge is 2.16. The Morgan fingerprint density at radius 2 is 2.12 bits per heavy atom. The lowest BCUT2D eigenvalue weighted by molar-refractivity contribution is 0.623. The second-order valence-corrected chi connectivity index (χ2v) is 5.41. The molecule has 0 aliphatic carbocycles. The SMILES string of the molecule is Cc1ccc(F)cc1C(N)c1sccc1Br. The summed E-state index contributed by atoms with van der Waals surface area (Å²) >= 11 is 5.02. The van der Waals surface area contributed by atoms with Crippen LogP contribution in [-0.2, 0) is 0 Å². The Labute approximate surface area is 106 Å². The van der Waals surface area contributed by atoms with Crippen LogP contribution in [0.25, 0.3) is 0 Å². The Morgan fingerprint density at radius 1 is 1.38 bits per heavy atom. The molecule has 1 unspecified atom stereocenters. The molecule has 1 atom stereocenters. The van der Waals surface area contributed by atoms with Crippen LogP contribution in [0.4, 0.5) is 4.39 Å². The van der Waals surface area contributed by atoms with Crippen molar-refractivity contribution >= 4 is 27.3 Å². The quantitative estimate of drug-likeness (QED) is 0.891. The summed E-state index contributed by atoms with van der Waals surface area (Å²) in [6.07, 6.45) is 0. The maximum absolute atomic E-state index is 13.2.